The van der Waals surface area contributed by atoms with E-state index in [-0.39, 0.29) is 11.7 Å². The van der Waals surface area contributed by atoms with Crippen molar-refractivity contribution in [1.82, 2.24) is 0 Å². The van der Waals surface area contributed by atoms with E-state index in [0.717, 1.165) is 50.9 Å². The summed E-state index contributed by atoms with van der Waals surface area (Å²) in [6, 6.07) is 5.00. The smallest absolute Gasteiger partial charge is 0.137 e. The summed E-state index contributed by atoms with van der Waals surface area (Å²) in [5.41, 5.74) is 2.20. The SMILES string of the molecule is O=C1CCCCC1CN1CCc2ccc(F)cc21. The van der Waals surface area contributed by atoms with Crippen LogP contribution in [0, 0.1) is 11.7 Å². The Morgan fingerprint density at radius 2 is 2.17 bits per heavy atom. The maximum Gasteiger partial charge on any atom is 0.137 e. The first kappa shape index (κ1) is 11.7. The van der Waals surface area contributed by atoms with Gasteiger partial charge >= 0.3 is 0 Å². The van der Waals surface area contributed by atoms with Gasteiger partial charge in [-0.2, -0.15) is 0 Å². The van der Waals surface area contributed by atoms with Gasteiger partial charge in [0.15, 0.2) is 0 Å². The van der Waals surface area contributed by atoms with Gasteiger partial charge in [-0.05, 0) is 37.0 Å². The van der Waals surface area contributed by atoms with Crippen molar-refractivity contribution < 1.29 is 9.18 Å². The van der Waals surface area contributed by atoms with Gasteiger partial charge in [0.1, 0.15) is 11.6 Å². The van der Waals surface area contributed by atoms with Crippen molar-refractivity contribution in [1.29, 1.82) is 0 Å². The Labute approximate surface area is 107 Å². The van der Waals surface area contributed by atoms with E-state index in [4.69, 9.17) is 0 Å². The van der Waals surface area contributed by atoms with Crippen LogP contribution in [0.25, 0.3) is 0 Å². The number of nitrogens with zero attached hydrogens (tertiary/aromatic N) is 1. The standard InChI is InChI=1S/C15H18FNO/c16-13-6-5-11-7-8-17(14(11)9-13)10-12-3-1-2-4-15(12)18/h5-6,9,12H,1-4,7-8,10H2. The van der Waals surface area contributed by atoms with Gasteiger partial charge in [0, 0.05) is 31.1 Å². The average molecular weight is 247 g/mol. The van der Waals surface area contributed by atoms with Gasteiger partial charge in [-0.25, -0.2) is 4.39 Å². The molecule has 1 aliphatic heterocycles. The Bertz CT molecular complexity index is 472. The summed E-state index contributed by atoms with van der Waals surface area (Å²) in [5, 5.41) is 0. The van der Waals surface area contributed by atoms with E-state index in [0.29, 0.717) is 5.78 Å². The van der Waals surface area contributed by atoms with E-state index in [2.05, 4.69) is 4.90 Å². The van der Waals surface area contributed by atoms with Crippen LogP contribution < -0.4 is 4.90 Å². The van der Waals surface area contributed by atoms with Crippen molar-refractivity contribution >= 4 is 11.5 Å². The molecule has 1 aromatic carbocycles. The summed E-state index contributed by atoms with van der Waals surface area (Å²) >= 11 is 0. The fourth-order valence-corrected chi connectivity index (χ4v) is 3.12. The summed E-state index contributed by atoms with van der Waals surface area (Å²) in [5.74, 6) is 0.370. The Morgan fingerprint density at radius 3 is 3.00 bits per heavy atom. The number of anilines is 1. The number of Topliss-reactive ketones (excluding diaryl/α,β-unsaturated/α-hetero) is 1. The zero-order valence-corrected chi connectivity index (χ0v) is 10.5. The first-order chi connectivity index (χ1) is 8.74. The number of benzene rings is 1. The molecule has 0 aromatic heterocycles. The third-order valence-electron chi connectivity index (χ3n) is 4.16. The van der Waals surface area contributed by atoms with E-state index in [1.807, 2.05) is 6.07 Å². The van der Waals surface area contributed by atoms with E-state index in [1.165, 1.54) is 11.6 Å². The normalized spacial score (nSPS) is 23.3. The highest BCUT2D eigenvalue weighted by molar-refractivity contribution is 5.82. The molecule has 0 saturated heterocycles. The fourth-order valence-electron chi connectivity index (χ4n) is 3.12. The highest BCUT2D eigenvalue weighted by Crippen LogP contribution is 2.31. The summed E-state index contributed by atoms with van der Waals surface area (Å²) in [7, 11) is 0. The molecule has 1 fully saturated rings. The molecule has 1 aliphatic carbocycles. The van der Waals surface area contributed by atoms with Crippen molar-refractivity contribution in [2.24, 2.45) is 5.92 Å². The first-order valence-electron chi connectivity index (χ1n) is 6.80. The molecule has 0 bridgehead atoms. The number of fused-ring (bicyclic) bond motifs is 1. The van der Waals surface area contributed by atoms with E-state index in [1.54, 1.807) is 6.07 Å². The van der Waals surface area contributed by atoms with Crippen molar-refractivity contribution in [3.8, 4) is 0 Å². The molecule has 0 amide bonds. The number of rotatable bonds is 2. The quantitative estimate of drug-likeness (QED) is 0.801. The maximum absolute atomic E-state index is 13.3. The molecule has 0 N–H and O–H groups in total. The van der Waals surface area contributed by atoms with Crippen LogP contribution in [0.3, 0.4) is 0 Å². The van der Waals surface area contributed by atoms with E-state index >= 15 is 0 Å². The Hall–Kier alpha value is -1.38. The number of ketones is 1. The van der Waals surface area contributed by atoms with Gasteiger partial charge < -0.3 is 4.90 Å². The second kappa shape index (κ2) is 4.71. The van der Waals surface area contributed by atoms with E-state index in [9.17, 15) is 9.18 Å². The van der Waals surface area contributed by atoms with Crippen LogP contribution in [0.1, 0.15) is 31.2 Å². The second-order valence-corrected chi connectivity index (χ2v) is 5.38. The molecule has 0 spiro atoms. The highest BCUT2D eigenvalue weighted by Gasteiger charge is 2.27. The van der Waals surface area contributed by atoms with Gasteiger partial charge in [0.2, 0.25) is 0 Å². The molecule has 96 valence electrons. The first-order valence-corrected chi connectivity index (χ1v) is 6.80. The molecule has 0 radical (unpaired) electrons. The predicted octanol–water partition coefficient (Wildman–Crippen LogP) is 2.95. The van der Waals surface area contributed by atoms with E-state index < -0.39 is 0 Å². The maximum atomic E-state index is 13.3. The molecule has 2 aliphatic rings. The number of hydrogen-bond acceptors (Lipinski definition) is 2. The zero-order chi connectivity index (χ0) is 12.5. The van der Waals surface area contributed by atoms with Crippen LogP contribution >= 0.6 is 0 Å². The van der Waals surface area contributed by atoms with Crippen LogP contribution in [0.5, 0.6) is 0 Å². The number of carbonyl (C=O) groups excluding carboxylic acids is 1. The van der Waals surface area contributed by atoms with Gasteiger partial charge in [-0.3, -0.25) is 4.79 Å². The molecular formula is C15H18FNO. The van der Waals surface area contributed by atoms with Gasteiger partial charge in [0.05, 0.1) is 0 Å². The summed E-state index contributed by atoms with van der Waals surface area (Å²) in [6.07, 6.45) is 4.89. The van der Waals surface area contributed by atoms with Gasteiger partial charge in [-0.15, -0.1) is 0 Å². The third-order valence-corrected chi connectivity index (χ3v) is 4.16. The minimum absolute atomic E-state index is 0.160. The lowest BCUT2D eigenvalue weighted by Gasteiger charge is -2.27. The predicted molar refractivity (Wildman–Crippen MR) is 69.3 cm³/mol. The highest BCUT2D eigenvalue weighted by atomic mass is 19.1. The number of halogens is 1. The molecule has 1 unspecified atom stereocenters. The lowest BCUT2D eigenvalue weighted by atomic mass is 9.87. The van der Waals surface area contributed by atoms with Crippen molar-refractivity contribution in [3.05, 3.63) is 29.6 Å². The van der Waals surface area contributed by atoms with Gasteiger partial charge in [-0.1, -0.05) is 12.5 Å². The minimum Gasteiger partial charge on any atom is -0.370 e. The monoisotopic (exact) mass is 247 g/mol. The molecule has 1 atom stereocenters. The molecule has 18 heavy (non-hydrogen) atoms. The number of carbonyl (C=O) groups is 1. The molecular weight excluding hydrogens is 229 g/mol. The van der Waals surface area contributed by atoms with Gasteiger partial charge in [0.25, 0.3) is 0 Å². The zero-order valence-electron chi connectivity index (χ0n) is 10.5. The molecule has 3 heteroatoms. The fraction of sp³-hybridized carbons (Fsp3) is 0.533. The molecule has 2 nitrogen and oxygen atoms in total. The molecule has 3 rings (SSSR count). The van der Waals surface area contributed by atoms with Crippen LogP contribution in [0.4, 0.5) is 10.1 Å². The largest absolute Gasteiger partial charge is 0.370 e. The lowest BCUT2D eigenvalue weighted by Crippen LogP contribution is -2.33. The minimum atomic E-state index is -0.185. The Balaban J connectivity index is 1.76. The van der Waals surface area contributed by atoms with Crippen molar-refractivity contribution in [2.75, 3.05) is 18.0 Å². The third kappa shape index (κ3) is 2.14. The summed E-state index contributed by atoms with van der Waals surface area (Å²) in [4.78, 5) is 14.0. The van der Waals surface area contributed by atoms with Crippen molar-refractivity contribution in [2.45, 2.75) is 32.1 Å². The summed E-state index contributed by atoms with van der Waals surface area (Å²) < 4.78 is 13.3. The Kier molecular flexibility index (Phi) is 3.06. The van der Waals surface area contributed by atoms with Crippen LogP contribution in [-0.4, -0.2) is 18.9 Å². The molecule has 1 saturated carbocycles. The Morgan fingerprint density at radius 1 is 1.28 bits per heavy atom. The van der Waals surface area contributed by atoms with Crippen LogP contribution in [-0.2, 0) is 11.2 Å². The topological polar surface area (TPSA) is 20.3 Å². The molecule has 1 aromatic rings. The second-order valence-electron chi connectivity index (χ2n) is 5.38. The lowest BCUT2D eigenvalue weighted by molar-refractivity contribution is -0.124. The van der Waals surface area contributed by atoms with Crippen molar-refractivity contribution in [3.63, 3.8) is 0 Å². The van der Waals surface area contributed by atoms with Crippen LogP contribution in [0.2, 0.25) is 0 Å². The summed E-state index contributed by atoms with van der Waals surface area (Å²) in [6.45, 7) is 1.69. The van der Waals surface area contributed by atoms with Crippen LogP contribution in [0.15, 0.2) is 18.2 Å². The molecule has 1 heterocycles. The average Bonchev–Trinajstić information content (AvgIpc) is 2.75. The number of hydrogen-bond donors (Lipinski definition) is 0.